The molecule has 11 rings (SSSR count). The number of nitrogens with zero attached hydrogens (tertiary/aromatic N) is 6. The molecule has 0 aliphatic heterocycles. The molecule has 0 unspecified atom stereocenters. The molecular formula is C56H44N6O2. The summed E-state index contributed by atoms with van der Waals surface area (Å²) in [6.07, 6.45) is 5.14. The predicted octanol–water partition coefficient (Wildman–Crippen LogP) is 14.1. The van der Waals surface area contributed by atoms with Gasteiger partial charge in [0.25, 0.3) is 0 Å². The zero-order valence-corrected chi connectivity index (χ0v) is 36.1. The molecule has 11 aromatic rings. The van der Waals surface area contributed by atoms with Crippen LogP contribution in [0, 0.1) is 13.8 Å². The summed E-state index contributed by atoms with van der Waals surface area (Å²) in [5, 5.41) is 4.63. The van der Waals surface area contributed by atoms with Gasteiger partial charge in [0.05, 0.1) is 44.8 Å². The van der Waals surface area contributed by atoms with E-state index in [2.05, 4.69) is 146 Å². The van der Waals surface area contributed by atoms with Crippen LogP contribution in [0.2, 0.25) is 0 Å². The maximum absolute atomic E-state index is 6.62. The predicted molar refractivity (Wildman–Crippen MR) is 258 cm³/mol. The number of para-hydroxylation sites is 2. The molecule has 0 saturated carbocycles. The lowest BCUT2D eigenvalue weighted by Crippen LogP contribution is -2.04. The molecule has 8 heteroatoms. The first kappa shape index (κ1) is 38.8. The highest BCUT2D eigenvalue weighted by molar-refractivity contribution is 6.10. The third kappa shape index (κ3) is 6.90. The minimum Gasteiger partial charge on any atom is -0.457 e. The van der Waals surface area contributed by atoms with Crippen LogP contribution >= 0.6 is 0 Å². The standard InChI is InChI=1S/C56H44N6O2/c1-5-47-55(37-13-11-15-39(31-37)63-41-21-23-45-43-17-7-9-19-49(43)61(51(45)33-41)53-29-35(3)25-27-57-53)60-48(6-2)56(59-47)38-14-12-16-40(32-38)64-42-22-24-46-44-18-8-10-20-50(44)62(52(46)34-42)54-30-36(4)26-28-58-54/h7-34H,5-6H2,1-4H3. The molecule has 6 aromatic carbocycles. The van der Waals surface area contributed by atoms with Gasteiger partial charge in [-0.1, -0.05) is 74.5 Å². The molecule has 5 heterocycles. The Morgan fingerprint density at radius 3 is 1.27 bits per heavy atom. The van der Waals surface area contributed by atoms with Crippen molar-refractivity contribution in [2.75, 3.05) is 0 Å². The fourth-order valence-electron chi connectivity index (χ4n) is 8.95. The summed E-state index contributed by atoms with van der Waals surface area (Å²) in [5.41, 5.74) is 12.0. The summed E-state index contributed by atoms with van der Waals surface area (Å²) < 4.78 is 17.7. The average Bonchev–Trinajstić information content (AvgIpc) is 3.83. The second-order valence-corrected chi connectivity index (χ2v) is 16.2. The zero-order valence-electron chi connectivity index (χ0n) is 36.1. The van der Waals surface area contributed by atoms with Gasteiger partial charge in [-0.15, -0.1) is 0 Å². The van der Waals surface area contributed by atoms with Crippen molar-refractivity contribution in [2.24, 2.45) is 0 Å². The van der Waals surface area contributed by atoms with Crippen LogP contribution in [0.5, 0.6) is 23.0 Å². The van der Waals surface area contributed by atoms with Gasteiger partial charge in [0.15, 0.2) is 0 Å². The van der Waals surface area contributed by atoms with Crippen molar-refractivity contribution in [3.8, 4) is 57.1 Å². The van der Waals surface area contributed by atoms with E-state index in [1.54, 1.807) is 0 Å². The number of rotatable bonds is 10. The van der Waals surface area contributed by atoms with E-state index in [1.807, 2.05) is 60.9 Å². The third-order valence-electron chi connectivity index (χ3n) is 11.9. The number of benzene rings is 6. The van der Waals surface area contributed by atoms with Gasteiger partial charge in [-0.2, -0.15) is 0 Å². The first-order chi connectivity index (χ1) is 31.4. The second-order valence-electron chi connectivity index (χ2n) is 16.2. The van der Waals surface area contributed by atoms with Gasteiger partial charge in [-0.25, -0.2) is 19.9 Å². The van der Waals surface area contributed by atoms with E-state index in [0.717, 1.165) is 113 Å². The highest BCUT2D eigenvalue weighted by Gasteiger charge is 2.19. The molecule has 0 radical (unpaired) electrons. The monoisotopic (exact) mass is 832 g/mol. The SMILES string of the molecule is CCc1nc(-c2cccc(Oc3ccc4c5ccccc5n(-c5cc(C)ccn5)c4c3)c2)c(CC)nc1-c1cccc(Oc2ccc3c4ccccc4n(-c4cc(C)ccn4)c3c2)c1. The molecule has 310 valence electrons. The number of aryl methyl sites for hydroxylation is 4. The summed E-state index contributed by atoms with van der Waals surface area (Å²) in [7, 11) is 0. The van der Waals surface area contributed by atoms with Gasteiger partial charge in [0.1, 0.15) is 34.6 Å². The van der Waals surface area contributed by atoms with Crippen molar-refractivity contribution >= 4 is 43.6 Å². The van der Waals surface area contributed by atoms with Gasteiger partial charge in [-0.3, -0.25) is 9.13 Å². The van der Waals surface area contributed by atoms with Gasteiger partial charge < -0.3 is 9.47 Å². The highest BCUT2D eigenvalue weighted by Crippen LogP contribution is 2.38. The summed E-state index contributed by atoms with van der Waals surface area (Å²) in [6.45, 7) is 8.43. The van der Waals surface area contributed by atoms with Crippen molar-refractivity contribution in [1.82, 2.24) is 29.1 Å². The van der Waals surface area contributed by atoms with Crippen LogP contribution in [0.4, 0.5) is 0 Å². The molecule has 0 saturated heterocycles. The van der Waals surface area contributed by atoms with Crippen LogP contribution in [-0.4, -0.2) is 29.1 Å². The Morgan fingerprint density at radius 2 is 0.828 bits per heavy atom. The summed E-state index contributed by atoms with van der Waals surface area (Å²) >= 11 is 0. The highest BCUT2D eigenvalue weighted by atomic mass is 16.5. The van der Waals surface area contributed by atoms with Crippen LogP contribution in [-0.2, 0) is 12.8 Å². The number of pyridine rings is 2. The Kier molecular flexibility index (Phi) is 9.69. The summed E-state index contributed by atoms with van der Waals surface area (Å²) in [6, 6.07) is 54.0. The van der Waals surface area contributed by atoms with Gasteiger partial charge in [0, 0.05) is 57.2 Å². The molecule has 0 spiro atoms. The van der Waals surface area contributed by atoms with Crippen molar-refractivity contribution in [3.05, 3.63) is 193 Å². The lowest BCUT2D eigenvalue weighted by Gasteiger charge is -2.15. The molecule has 8 nitrogen and oxygen atoms in total. The first-order valence-corrected chi connectivity index (χ1v) is 21.8. The molecule has 64 heavy (non-hydrogen) atoms. The normalized spacial score (nSPS) is 11.6. The van der Waals surface area contributed by atoms with Crippen LogP contribution in [0.3, 0.4) is 0 Å². The fourth-order valence-corrected chi connectivity index (χ4v) is 8.95. The molecule has 0 bridgehead atoms. The largest absolute Gasteiger partial charge is 0.457 e. The van der Waals surface area contributed by atoms with Gasteiger partial charge in [0.2, 0.25) is 0 Å². The van der Waals surface area contributed by atoms with Crippen molar-refractivity contribution in [2.45, 2.75) is 40.5 Å². The lowest BCUT2D eigenvalue weighted by atomic mass is 10.0. The van der Waals surface area contributed by atoms with E-state index in [-0.39, 0.29) is 0 Å². The molecule has 0 amide bonds. The summed E-state index contributed by atoms with van der Waals surface area (Å²) in [4.78, 5) is 20.1. The van der Waals surface area contributed by atoms with E-state index >= 15 is 0 Å². The Balaban J connectivity index is 0.906. The van der Waals surface area contributed by atoms with Gasteiger partial charge >= 0.3 is 0 Å². The van der Waals surface area contributed by atoms with Crippen LogP contribution in [0.15, 0.2) is 170 Å². The van der Waals surface area contributed by atoms with E-state index in [9.17, 15) is 0 Å². The van der Waals surface area contributed by atoms with Crippen molar-refractivity contribution in [1.29, 1.82) is 0 Å². The Labute approximate surface area is 371 Å². The molecule has 0 aliphatic rings. The van der Waals surface area contributed by atoms with Crippen molar-refractivity contribution in [3.63, 3.8) is 0 Å². The van der Waals surface area contributed by atoms with E-state index in [1.165, 1.54) is 10.8 Å². The Bertz CT molecular complexity index is 3350. The van der Waals surface area contributed by atoms with Crippen LogP contribution in [0.1, 0.15) is 36.4 Å². The number of hydrogen-bond acceptors (Lipinski definition) is 6. The average molecular weight is 833 g/mol. The maximum Gasteiger partial charge on any atom is 0.137 e. The van der Waals surface area contributed by atoms with Crippen LogP contribution in [0.25, 0.3) is 77.8 Å². The number of aromatic nitrogens is 6. The minimum atomic E-state index is 0.707. The lowest BCUT2D eigenvalue weighted by molar-refractivity contribution is 0.483. The van der Waals surface area contributed by atoms with Crippen LogP contribution < -0.4 is 9.47 Å². The van der Waals surface area contributed by atoms with E-state index in [0.29, 0.717) is 12.8 Å². The zero-order chi connectivity index (χ0) is 43.3. The second kappa shape index (κ2) is 16.0. The Morgan fingerprint density at radius 1 is 0.406 bits per heavy atom. The van der Waals surface area contributed by atoms with E-state index in [4.69, 9.17) is 29.4 Å². The molecule has 0 N–H and O–H groups in total. The first-order valence-electron chi connectivity index (χ1n) is 21.8. The molecule has 0 fully saturated rings. The number of hydrogen-bond donors (Lipinski definition) is 0. The van der Waals surface area contributed by atoms with Crippen molar-refractivity contribution < 1.29 is 9.47 Å². The topological polar surface area (TPSA) is 79.9 Å². The Hall–Kier alpha value is -8.10. The number of fused-ring (bicyclic) bond motifs is 6. The smallest absolute Gasteiger partial charge is 0.137 e. The molecule has 5 aromatic heterocycles. The maximum atomic E-state index is 6.62. The third-order valence-corrected chi connectivity index (χ3v) is 11.9. The van der Waals surface area contributed by atoms with Gasteiger partial charge in [-0.05, 0) is 123 Å². The minimum absolute atomic E-state index is 0.707. The molecular weight excluding hydrogens is 789 g/mol. The van der Waals surface area contributed by atoms with E-state index < -0.39 is 0 Å². The molecule has 0 atom stereocenters. The summed E-state index contributed by atoms with van der Waals surface area (Å²) in [5.74, 6) is 4.66. The quantitative estimate of drug-likeness (QED) is 0.137. The fraction of sp³-hybridized carbons (Fsp3) is 0.107. The number of ether oxygens (including phenoxy) is 2. The molecule has 0 aliphatic carbocycles.